The first-order valence-electron chi connectivity index (χ1n) is 10.0. The van der Waals surface area contributed by atoms with Gasteiger partial charge in [-0.3, -0.25) is 9.59 Å². The lowest BCUT2D eigenvalue weighted by Gasteiger charge is -2.31. The number of hydrogen-bond donors (Lipinski definition) is 2. The maximum atomic E-state index is 12.8. The van der Waals surface area contributed by atoms with Crippen molar-refractivity contribution in [2.45, 2.75) is 37.2 Å². The molecule has 1 saturated heterocycles. The van der Waals surface area contributed by atoms with Gasteiger partial charge in [-0.15, -0.1) is 0 Å². The lowest BCUT2D eigenvalue weighted by atomic mass is 9.98. The van der Waals surface area contributed by atoms with Gasteiger partial charge < -0.3 is 10.6 Å². The molecule has 0 unspecified atom stereocenters. The maximum absolute atomic E-state index is 12.8. The maximum Gasteiger partial charge on any atom is 0.243 e. The van der Waals surface area contributed by atoms with Crippen LogP contribution in [0.4, 0.5) is 0 Å². The first kappa shape index (κ1) is 22.0. The molecule has 1 aliphatic rings. The van der Waals surface area contributed by atoms with Gasteiger partial charge in [0, 0.05) is 19.6 Å². The van der Waals surface area contributed by atoms with Crippen LogP contribution in [-0.4, -0.2) is 43.7 Å². The fourth-order valence-corrected chi connectivity index (χ4v) is 5.00. The number of sulfonamides is 1. The van der Waals surface area contributed by atoms with Crippen LogP contribution in [-0.2, 0) is 26.2 Å². The van der Waals surface area contributed by atoms with Crippen LogP contribution in [0.5, 0.6) is 0 Å². The molecule has 1 fully saturated rings. The molecule has 2 atom stereocenters. The molecule has 0 saturated carbocycles. The molecule has 2 amide bonds. The van der Waals surface area contributed by atoms with Crippen LogP contribution in [0.25, 0.3) is 0 Å². The Morgan fingerprint density at radius 2 is 1.70 bits per heavy atom. The van der Waals surface area contributed by atoms with E-state index in [-0.39, 0.29) is 23.3 Å². The number of amides is 2. The molecule has 7 nitrogen and oxygen atoms in total. The molecule has 2 N–H and O–H groups in total. The van der Waals surface area contributed by atoms with Crippen molar-refractivity contribution >= 4 is 21.8 Å². The van der Waals surface area contributed by atoms with Gasteiger partial charge in [0.25, 0.3) is 0 Å². The minimum atomic E-state index is -3.64. The topological polar surface area (TPSA) is 95.6 Å². The lowest BCUT2D eigenvalue weighted by Crippen LogP contribution is -2.50. The van der Waals surface area contributed by atoms with E-state index in [0.717, 1.165) is 5.56 Å². The van der Waals surface area contributed by atoms with Gasteiger partial charge in [-0.2, -0.15) is 4.31 Å². The summed E-state index contributed by atoms with van der Waals surface area (Å²) in [4.78, 5) is 25.2. The highest BCUT2D eigenvalue weighted by Crippen LogP contribution is 2.23. The quantitative estimate of drug-likeness (QED) is 0.703. The zero-order valence-corrected chi connectivity index (χ0v) is 17.8. The predicted molar refractivity (Wildman–Crippen MR) is 114 cm³/mol. The highest BCUT2D eigenvalue weighted by atomic mass is 32.2. The van der Waals surface area contributed by atoms with Crippen molar-refractivity contribution < 1.29 is 18.0 Å². The van der Waals surface area contributed by atoms with Crippen molar-refractivity contribution in [3.8, 4) is 0 Å². The summed E-state index contributed by atoms with van der Waals surface area (Å²) in [5.74, 6) is -1.07. The van der Waals surface area contributed by atoms with Gasteiger partial charge >= 0.3 is 0 Å². The Labute approximate surface area is 177 Å². The van der Waals surface area contributed by atoms with E-state index >= 15 is 0 Å². The van der Waals surface area contributed by atoms with Crippen LogP contribution in [0.15, 0.2) is 65.6 Å². The smallest absolute Gasteiger partial charge is 0.243 e. The van der Waals surface area contributed by atoms with E-state index in [0.29, 0.717) is 25.9 Å². The second-order valence-corrected chi connectivity index (χ2v) is 9.39. The predicted octanol–water partition coefficient (Wildman–Crippen LogP) is 1.91. The van der Waals surface area contributed by atoms with Crippen LogP contribution >= 0.6 is 0 Å². The molecule has 0 bridgehead atoms. The summed E-state index contributed by atoms with van der Waals surface area (Å²) in [5, 5.41) is 5.53. The molecule has 30 heavy (non-hydrogen) atoms. The van der Waals surface area contributed by atoms with Gasteiger partial charge in [-0.1, -0.05) is 48.5 Å². The molecular formula is C22H27N3O4S. The zero-order chi connectivity index (χ0) is 21.6. The van der Waals surface area contributed by atoms with Crippen LogP contribution in [0.3, 0.4) is 0 Å². The third kappa shape index (κ3) is 5.46. The molecule has 0 radical (unpaired) electrons. The summed E-state index contributed by atoms with van der Waals surface area (Å²) in [5.41, 5.74) is 0.971. The van der Waals surface area contributed by atoms with E-state index in [1.165, 1.54) is 4.31 Å². The van der Waals surface area contributed by atoms with Crippen molar-refractivity contribution in [1.29, 1.82) is 0 Å². The average Bonchev–Trinajstić information content (AvgIpc) is 2.78. The number of rotatable bonds is 7. The Hall–Kier alpha value is -2.71. The van der Waals surface area contributed by atoms with Gasteiger partial charge in [0.1, 0.15) is 6.04 Å². The number of carbonyl (C=O) groups excluding carboxylic acids is 2. The Kier molecular flexibility index (Phi) is 7.23. The molecule has 0 aromatic heterocycles. The van der Waals surface area contributed by atoms with Gasteiger partial charge in [-0.05, 0) is 37.5 Å². The number of benzene rings is 2. The van der Waals surface area contributed by atoms with Gasteiger partial charge in [0.2, 0.25) is 21.8 Å². The van der Waals surface area contributed by atoms with Crippen LogP contribution in [0, 0.1) is 5.92 Å². The number of nitrogens with one attached hydrogen (secondary N) is 2. The Bertz CT molecular complexity index is 964. The van der Waals surface area contributed by atoms with E-state index in [1.54, 1.807) is 37.3 Å². The minimum absolute atomic E-state index is 0.113. The third-order valence-corrected chi connectivity index (χ3v) is 7.08. The summed E-state index contributed by atoms with van der Waals surface area (Å²) < 4.78 is 27.0. The number of carbonyl (C=O) groups is 2. The molecule has 3 rings (SSSR count). The standard InChI is InChI=1S/C22H27N3O4S/c1-17(21(26)23-15-18-9-4-2-5-10-18)24-22(27)19-11-8-14-25(16-19)30(28,29)20-12-6-3-7-13-20/h2-7,9-10,12-13,17,19H,8,11,14-16H2,1H3,(H,23,26)(H,24,27)/t17-,19-/m0/s1. The van der Waals surface area contributed by atoms with Gasteiger partial charge in [0.05, 0.1) is 10.8 Å². The monoisotopic (exact) mass is 429 g/mol. The van der Waals surface area contributed by atoms with E-state index in [2.05, 4.69) is 10.6 Å². The highest BCUT2D eigenvalue weighted by molar-refractivity contribution is 7.89. The van der Waals surface area contributed by atoms with Crippen LogP contribution < -0.4 is 10.6 Å². The molecule has 8 heteroatoms. The molecule has 2 aromatic rings. The Morgan fingerprint density at radius 3 is 2.37 bits per heavy atom. The number of nitrogens with zero attached hydrogens (tertiary/aromatic N) is 1. The number of piperidine rings is 1. The molecule has 1 aliphatic heterocycles. The van der Waals surface area contributed by atoms with Crippen LogP contribution in [0.1, 0.15) is 25.3 Å². The van der Waals surface area contributed by atoms with Gasteiger partial charge in [-0.25, -0.2) is 8.42 Å². The largest absolute Gasteiger partial charge is 0.350 e. The molecule has 2 aromatic carbocycles. The Morgan fingerprint density at radius 1 is 1.07 bits per heavy atom. The lowest BCUT2D eigenvalue weighted by molar-refractivity contribution is -0.131. The fraction of sp³-hybridized carbons (Fsp3) is 0.364. The summed E-state index contributed by atoms with van der Waals surface area (Å²) in [6, 6.07) is 17.0. The SMILES string of the molecule is C[C@H](NC(=O)[C@H]1CCCN(S(=O)(=O)c2ccccc2)C1)C(=O)NCc1ccccc1. The summed E-state index contributed by atoms with van der Waals surface area (Å²) in [6.07, 6.45) is 1.18. The highest BCUT2D eigenvalue weighted by Gasteiger charge is 2.34. The summed E-state index contributed by atoms with van der Waals surface area (Å²) in [6.45, 7) is 2.50. The normalized spacial score (nSPS) is 18.4. The van der Waals surface area contributed by atoms with E-state index < -0.39 is 22.0 Å². The first-order chi connectivity index (χ1) is 14.4. The molecule has 160 valence electrons. The molecule has 1 heterocycles. The third-order valence-electron chi connectivity index (χ3n) is 5.20. The number of hydrogen-bond acceptors (Lipinski definition) is 4. The second kappa shape index (κ2) is 9.86. The van der Waals surface area contributed by atoms with Gasteiger partial charge in [0.15, 0.2) is 0 Å². The van der Waals surface area contributed by atoms with E-state index in [1.807, 2.05) is 30.3 Å². The van der Waals surface area contributed by atoms with Crippen molar-refractivity contribution in [1.82, 2.24) is 14.9 Å². The van der Waals surface area contributed by atoms with E-state index in [9.17, 15) is 18.0 Å². The summed E-state index contributed by atoms with van der Waals surface area (Å²) in [7, 11) is -3.64. The zero-order valence-electron chi connectivity index (χ0n) is 17.0. The van der Waals surface area contributed by atoms with Crippen molar-refractivity contribution in [2.75, 3.05) is 13.1 Å². The van der Waals surface area contributed by atoms with E-state index in [4.69, 9.17) is 0 Å². The fourth-order valence-electron chi connectivity index (χ4n) is 3.45. The van der Waals surface area contributed by atoms with Crippen molar-refractivity contribution in [2.24, 2.45) is 5.92 Å². The minimum Gasteiger partial charge on any atom is -0.350 e. The van der Waals surface area contributed by atoms with Crippen molar-refractivity contribution in [3.63, 3.8) is 0 Å². The van der Waals surface area contributed by atoms with Crippen molar-refractivity contribution in [3.05, 3.63) is 66.2 Å². The van der Waals surface area contributed by atoms with Crippen LogP contribution in [0.2, 0.25) is 0 Å². The Balaban J connectivity index is 1.55. The molecule has 0 aliphatic carbocycles. The molecular weight excluding hydrogens is 402 g/mol. The molecule has 0 spiro atoms. The average molecular weight is 430 g/mol. The first-order valence-corrected chi connectivity index (χ1v) is 11.5. The second-order valence-electron chi connectivity index (χ2n) is 7.45. The summed E-state index contributed by atoms with van der Waals surface area (Å²) >= 11 is 0.